The number of fused-ring (bicyclic) bond motifs is 1. The summed E-state index contributed by atoms with van der Waals surface area (Å²) >= 11 is 3.39. The molecule has 1 amide bonds. The van der Waals surface area contributed by atoms with Gasteiger partial charge in [-0.25, -0.2) is 4.79 Å². The first-order chi connectivity index (χ1) is 16.5. The molecule has 2 N–H and O–H groups in total. The Balaban J connectivity index is 1.68. The van der Waals surface area contributed by atoms with Crippen molar-refractivity contribution in [3.8, 4) is 0 Å². The molecule has 0 saturated carbocycles. The monoisotopic (exact) mass is 545 g/mol. The lowest BCUT2D eigenvalue weighted by molar-refractivity contribution is -0.155. The van der Waals surface area contributed by atoms with Gasteiger partial charge >= 0.3 is 11.9 Å². The third-order valence-electron chi connectivity index (χ3n) is 4.87. The fraction of sp³-hybridized carbons (Fsp3) is 0.360. The van der Waals surface area contributed by atoms with E-state index in [1.54, 1.807) is 57.2 Å². The zero-order chi connectivity index (χ0) is 25.6. The second-order valence-corrected chi connectivity index (χ2v) is 9.76. The van der Waals surface area contributed by atoms with Crippen molar-refractivity contribution >= 4 is 50.9 Å². The van der Waals surface area contributed by atoms with Gasteiger partial charge in [0.1, 0.15) is 17.2 Å². The number of hydrogen-bond donors (Lipinski definition) is 2. The summed E-state index contributed by atoms with van der Waals surface area (Å²) in [6, 6.07) is 11.5. The lowest BCUT2D eigenvalue weighted by Gasteiger charge is -2.24. The highest BCUT2D eigenvalue weighted by atomic mass is 79.9. The van der Waals surface area contributed by atoms with Crippen molar-refractivity contribution in [1.82, 2.24) is 10.3 Å². The van der Waals surface area contributed by atoms with Gasteiger partial charge in [-0.3, -0.25) is 9.59 Å². The predicted octanol–water partition coefficient (Wildman–Crippen LogP) is 4.25. The Morgan fingerprint density at radius 2 is 1.83 bits per heavy atom. The molecule has 1 unspecified atom stereocenters. The number of carbonyl (C=O) groups excluding carboxylic acids is 3. The van der Waals surface area contributed by atoms with Gasteiger partial charge in [0, 0.05) is 23.0 Å². The molecule has 1 heterocycles. The van der Waals surface area contributed by atoms with E-state index in [-0.39, 0.29) is 30.9 Å². The quantitative estimate of drug-likeness (QED) is 0.383. The summed E-state index contributed by atoms with van der Waals surface area (Å²) in [6.45, 7) is 5.23. The topological polar surface area (TPSA) is 120 Å². The Bertz CT molecular complexity index is 1200. The molecule has 3 rings (SSSR count). The number of hydrogen-bond acceptors (Lipinski definition) is 8. The molecule has 10 heteroatoms. The van der Waals surface area contributed by atoms with E-state index >= 15 is 0 Å². The van der Waals surface area contributed by atoms with Gasteiger partial charge in [0.15, 0.2) is 5.58 Å². The number of ether oxygens (including phenoxy) is 2. The Kier molecular flexibility index (Phi) is 8.50. The number of benzene rings is 2. The fourth-order valence-corrected chi connectivity index (χ4v) is 3.49. The van der Waals surface area contributed by atoms with E-state index in [4.69, 9.17) is 9.15 Å². The highest BCUT2D eigenvalue weighted by Crippen LogP contribution is 2.23. The zero-order valence-electron chi connectivity index (χ0n) is 20.0. The van der Waals surface area contributed by atoms with E-state index in [9.17, 15) is 14.4 Å². The Morgan fingerprint density at radius 1 is 1.11 bits per heavy atom. The number of amides is 1. The van der Waals surface area contributed by atoms with Crippen LogP contribution in [0.3, 0.4) is 0 Å². The summed E-state index contributed by atoms with van der Waals surface area (Å²) in [5.74, 6) is -1.21. The van der Waals surface area contributed by atoms with Crippen LogP contribution in [0.15, 0.2) is 51.4 Å². The number of methoxy groups -OCH3 is 1. The molecule has 35 heavy (non-hydrogen) atoms. The summed E-state index contributed by atoms with van der Waals surface area (Å²) in [6.07, 6.45) is 0.776. The molecule has 0 fully saturated rings. The molecule has 1 atom stereocenters. The number of carbonyl (C=O) groups is 3. The first kappa shape index (κ1) is 26.2. The molecule has 186 valence electrons. The molecule has 0 aliphatic carbocycles. The molecule has 0 saturated heterocycles. The van der Waals surface area contributed by atoms with Crippen molar-refractivity contribution in [3.63, 3.8) is 0 Å². The van der Waals surface area contributed by atoms with Gasteiger partial charge in [0.2, 0.25) is 0 Å². The summed E-state index contributed by atoms with van der Waals surface area (Å²) in [4.78, 5) is 41.2. The van der Waals surface area contributed by atoms with Crippen molar-refractivity contribution in [1.29, 1.82) is 0 Å². The number of aryl methyl sites for hydroxylation is 1. The van der Waals surface area contributed by atoms with Crippen LogP contribution in [0.4, 0.5) is 6.01 Å². The minimum atomic E-state index is -0.936. The van der Waals surface area contributed by atoms with Crippen LogP contribution in [0.1, 0.15) is 43.1 Å². The van der Waals surface area contributed by atoms with Crippen molar-refractivity contribution in [2.45, 2.75) is 45.3 Å². The number of nitrogens with one attached hydrogen (secondary N) is 2. The molecule has 0 spiro atoms. The molecule has 9 nitrogen and oxygen atoms in total. The van der Waals surface area contributed by atoms with Crippen LogP contribution < -0.4 is 10.6 Å². The van der Waals surface area contributed by atoms with Gasteiger partial charge in [-0.2, -0.15) is 4.98 Å². The number of rotatable bonds is 9. The highest BCUT2D eigenvalue weighted by molar-refractivity contribution is 9.10. The van der Waals surface area contributed by atoms with Crippen LogP contribution in [0.5, 0.6) is 0 Å². The first-order valence-electron chi connectivity index (χ1n) is 11.0. The van der Waals surface area contributed by atoms with Gasteiger partial charge in [-0.05, 0) is 63.1 Å². The van der Waals surface area contributed by atoms with Gasteiger partial charge in [0.05, 0.1) is 7.11 Å². The van der Waals surface area contributed by atoms with Crippen molar-refractivity contribution in [2.24, 2.45) is 0 Å². The van der Waals surface area contributed by atoms with Crippen LogP contribution in [-0.4, -0.2) is 48.1 Å². The Labute approximate surface area is 211 Å². The van der Waals surface area contributed by atoms with E-state index in [0.717, 1.165) is 10.0 Å². The van der Waals surface area contributed by atoms with E-state index in [1.165, 1.54) is 7.11 Å². The third-order valence-corrected chi connectivity index (χ3v) is 5.36. The van der Waals surface area contributed by atoms with Gasteiger partial charge in [-0.15, -0.1) is 0 Å². The van der Waals surface area contributed by atoms with Crippen LogP contribution >= 0.6 is 15.9 Å². The predicted molar refractivity (Wildman–Crippen MR) is 134 cm³/mol. The number of nitrogens with zero attached hydrogens (tertiary/aromatic N) is 1. The lowest BCUT2D eigenvalue weighted by atomic mass is 10.1. The van der Waals surface area contributed by atoms with Crippen LogP contribution in [0.2, 0.25) is 0 Å². The minimum absolute atomic E-state index is 0.0553. The Hall–Kier alpha value is -3.40. The van der Waals surface area contributed by atoms with Crippen LogP contribution in [0.25, 0.3) is 11.1 Å². The standard InChI is InChI=1S/C25H28BrN3O6/c1-25(2,3)35-23(32)19(29-24-28-18-13-17(26)10-11-20(18)34-24)14-27-22(31)16-8-5-15(6-9-16)7-12-21(30)33-4/h5-6,8-11,13,19H,7,12,14H2,1-4H3,(H,27,31)(H,28,29). The van der Waals surface area contributed by atoms with E-state index in [0.29, 0.717) is 23.1 Å². The smallest absolute Gasteiger partial charge is 0.331 e. The van der Waals surface area contributed by atoms with Crippen molar-refractivity contribution in [2.75, 3.05) is 19.0 Å². The largest absolute Gasteiger partial charge is 0.469 e. The fourth-order valence-electron chi connectivity index (χ4n) is 3.15. The third kappa shape index (κ3) is 7.81. The number of halogens is 1. The van der Waals surface area contributed by atoms with Gasteiger partial charge in [0.25, 0.3) is 11.9 Å². The Morgan fingerprint density at radius 3 is 2.49 bits per heavy atom. The molecule has 0 bridgehead atoms. The first-order valence-corrected chi connectivity index (χ1v) is 11.8. The summed E-state index contributed by atoms with van der Waals surface area (Å²) in [5.41, 5.74) is 1.77. The van der Waals surface area contributed by atoms with E-state index in [1.807, 2.05) is 6.07 Å². The minimum Gasteiger partial charge on any atom is -0.469 e. The summed E-state index contributed by atoms with van der Waals surface area (Å²) in [7, 11) is 1.35. The van der Waals surface area contributed by atoms with E-state index in [2.05, 4.69) is 36.3 Å². The number of aromatic nitrogens is 1. The number of anilines is 1. The van der Waals surface area contributed by atoms with E-state index < -0.39 is 17.6 Å². The zero-order valence-corrected chi connectivity index (χ0v) is 21.6. The molecular weight excluding hydrogens is 518 g/mol. The van der Waals surface area contributed by atoms with Crippen LogP contribution in [-0.2, 0) is 25.5 Å². The van der Waals surface area contributed by atoms with Gasteiger partial charge in [-0.1, -0.05) is 28.1 Å². The summed E-state index contributed by atoms with van der Waals surface area (Å²) in [5, 5.41) is 5.69. The molecular formula is C25H28BrN3O6. The number of oxazole rings is 1. The lowest BCUT2D eigenvalue weighted by Crippen LogP contribution is -2.44. The van der Waals surface area contributed by atoms with Crippen molar-refractivity contribution in [3.05, 3.63) is 58.1 Å². The molecule has 3 aromatic rings. The molecule has 0 aliphatic heterocycles. The maximum atomic E-state index is 12.8. The molecule has 0 radical (unpaired) electrons. The second-order valence-electron chi connectivity index (χ2n) is 8.84. The summed E-state index contributed by atoms with van der Waals surface area (Å²) < 4.78 is 16.7. The number of esters is 2. The molecule has 1 aromatic heterocycles. The average molecular weight is 546 g/mol. The maximum absolute atomic E-state index is 12.8. The second kappa shape index (κ2) is 11.4. The highest BCUT2D eigenvalue weighted by Gasteiger charge is 2.27. The van der Waals surface area contributed by atoms with Crippen LogP contribution in [0, 0.1) is 0 Å². The SMILES string of the molecule is COC(=O)CCc1ccc(C(=O)NCC(Nc2nc3cc(Br)ccc3o2)C(=O)OC(C)(C)C)cc1. The normalized spacial score (nSPS) is 12.1. The molecule has 2 aromatic carbocycles. The van der Waals surface area contributed by atoms with Crippen molar-refractivity contribution < 1.29 is 28.3 Å². The maximum Gasteiger partial charge on any atom is 0.331 e. The average Bonchev–Trinajstić information content (AvgIpc) is 3.20. The van der Waals surface area contributed by atoms with Gasteiger partial charge < -0.3 is 24.5 Å². The molecule has 0 aliphatic rings.